The van der Waals surface area contributed by atoms with Crippen LogP contribution in [0.3, 0.4) is 0 Å². The number of ether oxygens (including phenoxy) is 7. The molecule has 0 radical (unpaired) electrons. The van der Waals surface area contributed by atoms with Crippen LogP contribution >= 0.6 is 0 Å². The van der Waals surface area contributed by atoms with Gasteiger partial charge in [0.2, 0.25) is 5.91 Å². The smallest absolute Gasteiger partial charge is 0.408 e. The zero-order valence-electron chi connectivity index (χ0n) is 38.5. The average molecular weight is 899 g/mol. The molecule has 2 amide bonds. The van der Waals surface area contributed by atoms with Gasteiger partial charge in [-0.3, -0.25) is 4.79 Å². The average Bonchev–Trinajstić information content (AvgIpc) is 3.62. The molecule has 2 N–H and O–H groups in total. The van der Waals surface area contributed by atoms with Gasteiger partial charge in [0, 0.05) is 6.42 Å². The van der Waals surface area contributed by atoms with Gasteiger partial charge in [0.1, 0.15) is 49.1 Å². The maximum absolute atomic E-state index is 14.0. The third-order valence-corrected chi connectivity index (χ3v) is 17.8. The monoisotopic (exact) mass is 898 g/mol. The predicted molar refractivity (Wildman–Crippen MR) is 246 cm³/mol. The molecule has 0 aliphatic carbocycles. The minimum Gasteiger partial charge on any atom is -0.497 e. The minimum absolute atomic E-state index is 0.00241. The van der Waals surface area contributed by atoms with Crippen LogP contribution in [-0.2, 0) is 64.1 Å². The maximum atomic E-state index is 14.0. The summed E-state index contributed by atoms with van der Waals surface area (Å²) in [4.78, 5) is 40.5. The first-order valence-corrected chi connectivity index (χ1v) is 24.2. The normalized spacial score (nSPS) is 17.9. The molecule has 1 aliphatic heterocycles. The number of hydrogen-bond donors (Lipinski definition) is 2. The van der Waals surface area contributed by atoms with E-state index in [9.17, 15) is 14.4 Å². The Hall–Kier alpha value is -5.25. The molecule has 4 aromatic rings. The number of carbonyl (C=O) groups is 3. The van der Waals surface area contributed by atoms with Crippen LogP contribution in [0.2, 0.25) is 16.6 Å². The van der Waals surface area contributed by atoms with E-state index in [4.69, 9.17) is 37.6 Å². The highest BCUT2D eigenvalue weighted by atomic mass is 28.4. The third kappa shape index (κ3) is 14.1. The molecular formula is C50H66N2O11Si. The van der Waals surface area contributed by atoms with Gasteiger partial charge >= 0.3 is 12.1 Å². The molecule has 64 heavy (non-hydrogen) atoms. The van der Waals surface area contributed by atoms with Gasteiger partial charge in [0.25, 0.3) is 0 Å². The van der Waals surface area contributed by atoms with Crippen LogP contribution in [0.25, 0.3) is 0 Å². The molecule has 5 atom stereocenters. The van der Waals surface area contributed by atoms with Gasteiger partial charge < -0.3 is 48.2 Å². The Labute approximate surface area is 379 Å². The lowest BCUT2D eigenvalue weighted by atomic mass is 10.1. The van der Waals surface area contributed by atoms with E-state index in [1.54, 1.807) is 14.2 Å². The molecule has 1 aliphatic rings. The quantitative estimate of drug-likeness (QED) is 0.0513. The van der Waals surface area contributed by atoms with E-state index in [0.717, 1.165) is 28.0 Å². The first kappa shape index (κ1) is 49.8. The van der Waals surface area contributed by atoms with Crippen LogP contribution in [0, 0.1) is 0 Å². The van der Waals surface area contributed by atoms with E-state index in [1.807, 2.05) is 109 Å². The standard InChI is InChI=1S/C50H66N2O11Si/c1-34(2)64(35(3)4,36(5)6)62-33-44-46(58-29-39-19-23-41(56-7)24-20-39)47(59-30-40-21-25-42(57-8)26-22-40)48(63-44)52-45(53)28-27-43(49(54)60-31-37-15-11-9-12-16-37)51-50(55)61-32-38-17-13-10-14-18-38/h9-26,34-36,43-44,46-48H,27-33H2,1-8H3,(H,51,55)(H,52,53)/t43-,44+,46+,47+,48-/m0/s1. The first-order valence-electron chi connectivity index (χ1n) is 22.1. The molecule has 0 bridgehead atoms. The number of benzene rings is 4. The van der Waals surface area contributed by atoms with Crippen molar-refractivity contribution in [1.82, 2.24) is 10.6 Å². The van der Waals surface area contributed by atoms with Crippen molar-refractivity contribution in [2.75, 3.05) is 20.8 Å². The zero-order valence-corrected chi connectivity index (χ0v) is 39.5. The van der Waals surface area contributed by atoms with Gasteiger partial charge in [-0.05, 0) is 69.6 Å². The second-order valence-electron chi connectivity index (χ2n) is 16.9. The molecule has 0 spiro atoms. The van der Waals surface area contributed by atoms with Crippen LogP contribution in [-0.4, -0.2) is 77.7 Å². The summed E-state index contributed by atoms with van der Waals surface area (Å²) in [5.74, 6) is 0.300. The van der Waals surface area contributed by atoms with Crippen molar-refractivity contribution in [3.05, 3.63) is 131 Å². The van der Waals surface area contributed by atoms with Gasteiger partial charge in [-0.15, -0.1) is 0 Å². The van der Waals surface area contributed by atoms with E-state index in [-0.39, 0.29) is 45.9 Å². The number of amides is 2. The van der Waals surface area contributed by atoms with Gasteiger partial charge in [-0.25, -0.2) is 9.59 Å². The Kier molecular flexibility index (Phi) is 19.2. The van der Waals surface area contributed by atoms with Gasteiger partial charge in [0.15, 0.2) is 14.5 Å². The Balaban J connectivity index is 1.37. The molecule has 1 saturated heterocycles. The number of nitrogens with one attached hydrogen (secondary N) is 2. The van der Waals surface area contributed by atoms with Crippen LogP contribution in [0.1, 0.15) is 76.6 Å². The number of alkyl carbamates (subject to hydrolysis) is 1. The molecule has 14 heteroatoms. The molecule has 0 saturated carbocycles. The second-order valence-corrected chi connectivity index (χ2v) is 22.4. The summed E-state index contributed by atoms with van der Waals surface area (Å²) in [5.41, 5.74) is 4.31. The molecular weight excluding hydrogens is 833 g/mol. The Bertz CT molecular complexity index is 2000. The van der Waals surface area contributed by atoms with Crippen molar-refractivity contribution >= 4 is 26.3 Å². The summed E-state index contributed by atoms with van der Waals surface area (Å²) >= 11 is 0. The van der Waals surface area contributed by atoms with Crippen molar-refractivity contribution < 1.29 is 52.0 Å². The molecule has 1 fully saturated rings. The lowest BCUT2D eigenvalue weighted by Crippen LogP contribution is -2.50. The van der Waals surface area contributed by atoms with E-state index in [2.05, 4.69) is 52.2 Å². The molecule has 0 unspecified atom stereocenters. The molecule has 13 nitrogen and oxygen atoms in total. The number of hydrogen-bond acceptors (Lipinski definition) is 11. The molecule has 346 valence electrons. The maximum Gasteiger partial charge on any atom is 0.408 e. The first-order chi connectivity index (χ1) is 30.8. The summed E-state index contributed by atoms with van der Waals surface area (Å²) in [6.07, 6.45) is -4.08. The van der Waals surface area contributed by atoms with E-state index < -0.39 is 56.9 Å². The van der Waals surface area contributed by atoms with Crippen molar-refractivity contribution in [3.8, 4) is 11.5 Å². The van der Waals surface area contributed by atoms with Crippen molar-refractivity contribution in [1.29, 1.82) is 0 Å². The summed E-state index contributed by atoms with van der Waals surface area (Å²) in [5, 5.41) is 5.65. The zero-order chi connectivity index (χ0) is 46.1. The van der Waals surface area contributed by atoms with E-state index >= 15 is 0 Å². The van der Waals surface area contributed by atoms with Crippen LogP contribution in [0.15, 0.2) is 109 Å². The molecule has 0 aromatic heterocycles. The number of rotatable bonds is 24. The van der Waals surface area contributed by atoms with E-state index in [0.29, 0.717) is 22.4 Å². The Morgan fingerprint density at radius 2 is 1.08 bits per heavy atom. The molecule has 4 aromatic carbocycles. The lowest BCUT2D eigenvalue weighted by Gasteiger charge is -2.43. The summed E-state index contributed by atoms with van der Waals surface area (Å²) in [7, 11) is 0.872. The van der Waals surface area contributed by atoms with Crippen LogP contribution < -0.4 is 20.1 Å². The fraction of sp³-hybridized carbons (Fsp3) is 0.460. The highest BCUT2D eigenvalue weighted by Crippen LogP contribution is 2.43. The lowest BCUT2D eigenvalue weighted by molar-refractivity contribution is -0.147. The summed E-state index contributed by atoms with van der Waals surface area (Å²) < 4.78 is 48.9. The van der Waals surface area contributed by atoms with Crippen LogP contribution in [0.4, 0.5) is 4.79 Å². The minimum atomic E-state index is -2.36. The SMILES string of the molecule is COc1ccc(CO[C@@H]2[C@H](OCc3ccc(OC)cc3)[C@@H](CO[Si](C(C)C)(C(C)C)C(C)C)O[C@@H]2NC(=O)CC[C@H](NC(=O)OCc2ccccc2)C(=O)OCc2ccccc2)cc1. The van der Waals surface area contributed by atoms with Crippen molar-refractivity contribution in [3.63, 3.8) is 0 Å². The fourth-order valence-electron chi connectivity index (χ4n) is 8.41. The van der Waals surface area contributed by atoms with Gasteiger partial charge in [-0.1, -0.05) is 126 Å². The molecule has 1 heterocycles. The Morgan fingerprint density at radius 3 is 1.56 bits per heavy atom. The van der Waals surface area contributed by atoms with Crippen LogP contribution in [0.5, 0.6) is 11.5 Å². The fourth-order valence-corrected chi connectivity index (χ4v) is 13.9. The van der Waals surface area contributed by atoms with E-state index in [1.165, 1.54) is 0 Å². The second kappa shape index (κ2) is 24.7. The highest BCUT2D eigenvalue weighted by Gasteiger charge is 2.50. The topological polar surface area (TPSA) is 149 Å². The van der Waals surface area contributed by atoms with Gasteiger partial charge in [0.05, 0.1) is 34.0 Å². The summed E-state index contributed by atoms with van der Waals surface area (Å²) in [6.45, 7) is 14.0. The molecule has 5 rings (SSSR count). The number of methoxy groups -OCH3 is 2. The largest absolute Gasteiger partial charge is 0.497 e. The highest BCUT2D eigenvalue weighted by molar-refractivity contribution is 6.77. The summed E-state index contributed by atoms with van der Waals surface area (Å²) in [6, 6.07) is 32.4. The number of esters is 1. The van der Waals surface area contributed by atoms with Gasteiger partial charge in [-0.2, -0.15) is 0 Å². The number of carbonyl (C=O) groups excluding carboxylic acids is 3. The Morgan fingerprint density at radius 1 is 0.609 bits per heavy atom. The van der Waals surface area contributed by atoms with Crippen molar-refractivity contribution in [2.24, 2.45) is 0 Å². The van der Waals surface area contributed by atoms with Crippen molar-refractivity contribution in [2.45, 2.75) is 128 Å². The third-order valence-electron chi connectivity index (χ3n) is 11.7. The predicted octanol–water partition coefficient (Wildman–Crippen LogP) is 9.03.